The molecule has 0 radical (unpaired) electrons. The fourth-order valence-electron chi connectivity index (χ4n) is 4.00. The first kappa shape index (κ1) is 27.0. The van der Waals surface area contributed by atoms with Gasteiger partial charge in [0.15, 0.2) is 0 Å². The highest BCUT2D eigenvalue weighted by atomic mass is 35.5. The van der Waals surface area contributed by atoms with Crippen molar-refractivity contribution < 1.29 is 9.53 Å². The molecule has 196 valence electrons. The van der Waals surface area contributed by atoms with Crippen LogP contribution in [0.1, 0.15) is 17.5 Å². The summed E-state index contributed by atoms with van der Waals surface area (Å²) in [4.78, 5) is 18.9. The Labute approximate surface area is 228 Å². The Balaban J connectivity index is 1.24. The van der Waals surface area contributed by atoms with E-state index in [0.717, 1.165) is 43.1 Å². The lowest BCUT2D eigenvalue weighted by molar-refractivity contribution is -0.116. The van der Waals surface area contributed by atoms with Gasteiger partial charge in [0.05, 0.1) is 13.2 Å². The first-order valence-electron chi connectivity index (χ1n) is 12.5. The number of hydrogen-bond acceptors (Lipinski definition) is 6. The van der Waals surface area contributed by atoms with Crippen LogP contribution in [-0.4, -0.2) is 38.4 Å². The maximum Gasteiger partial charge on any atom is 0.224 e. The zero-order chi connectivity index (χ0) is 26.7. The number of allylic oxidation sites excluding steroid dienone is 1. The number of nitrogens with one attached hydrogen (secondary N) is 2. The number of nitrogens with two attached hydrogens (primary N) is 1. The number of nitrogens with zero attached hydrogens (tertiary/aromatic N) is 2. The largest absolute Gasteiger partial charge is 0.398 e. The van der Waals surface area contributed by atoms with Gasteiger partial charge in [0.2, 0.25) is 5.91 Å². The normalized spacial score (nSPS) is 13.9. The summed E-state index contributed by atoms with van der Waals surface area (Å²) in [5.74, 6) is 0.429. The van der Waals surface area contributed by atoms with E-state index in [0.29, 0.717) is 35.1 Å². The van der Waals surface area contributed by atoms with Gasteiger partial charge in [0.25, 0.3) is 0 Å². The zero-order valence-electron chi connectivity index (χ0n) is 21.2. The van der Waals surface area contributed by atoms with Crippen LogP contribution in [0, 0.1) is 0 Å². The van der Waals surface area contributed by atoms with Crippen LogP contribution in [0.3, 0.4) is 0 Å². The predicted octanol–water partition coefficient (Wildman–Crippen LogP) is 5.70. The van der Waals surface area contributed by atoms with E-state index in [-0.39, 0.29) is 5.91 Å². The molecule has 3 aromatic rings. The van der Waals surface area contributed by atoms with E-state index in [1.54, 1.807) is 12.3 Å². The molecule has 0 aromatic heterocycles. The highest BCUT2D eigenvalue weighted by Crippen LogP contribution is 2.20. The molecule has 0 aliphatic carbocycles. The van der Waals surface area contributed by atoms with Crippen LogP contribution in [0.5, 0.6) is 0 Å². The van der Waals surface area contributed by atoms with E-state index in [2.05, 4.69) is 39.2 Å². The fraction of sp³-hybridized carbons (Fsp3) is 0.200. The Morgan fingerprint density at radius 1 is 1.00 bits per heavy atom. The second-order valence-electron chi connectivity index (χ2n) is 8.84. The molecule has 1 amide bonds. The molecule has 1 aliphatic heterocycles. The van der Waals surface area contributed by atoms with E-state index in [1.165, 1.54) is 5.69 Å². The van der Waals surface area contributed by atoms with Crippen LogP contribution in [0.15, 0.2) is 96.3 Å². The van der Waals surface area contributed by atoms with Crippen molar-refractivity contribution in [3.05, 3.63) is 107 Å². The van der Waals surface area contributed by atoms with Crippen LogP contribution in [0.4, 0.5) is 17.1 Å². The van der Waals surface area contributed by atoms with Gasteiger partial charge < -0.3 is 26.0 Å². The number of anilines is 3. The average Bonchev–Trinajstić information content (AvgIpc) is 2.94. The second kappa shape index (κ2) is 13.5. The Morgan fingerprint density at radius 3 is 2.37 bits per heavy atom. The van der Waals surface area contributed by atoms with Crippen molar-refractivity contribution in [2.45, 2.75) is 12.8 Å². The molecule has 0 spiro atoms. The molecule has 4 rings (SSSR count). The first-order valence-corrected chi connectivity index (χ1v) is 12.9. The summed E-state index contributed by atoms with van der Waals surface area (Å²) in [5.41, 5.74) is 11.3. The van der Waals surface area contributed by atoms with Gasteiger partial charge in [-0.15, -0.1) is 0 Å². The van der Waals surface area contributed by atoms with Crippen molar-refractivity contribution in [2.75, 3.05) is 41.8 Å². The number of hydrogen-bond donors (Lipinski definition) is 3. The van der Waals surface area contributed by atoms with Gasteiger partial charge in [-0.3, -0.25) is 4.79 Å². The number of aliphatic imine (C=N–C) groups is 1. The number of benzene rings is 3. The van der Waals surface area contributed by atoms with Crippen LogP contribution in [0.2, 0.25) is 5.02 Å². The predicted molar refractivity (Wildman–Crippen MR) is 158 cm³/mol. The average molecular weight is 530 g/mol. The molecule has 1 heterocycles. The van der Waals surface area contributed by atoms with Crippen molar-refractivity contribution in [2.24, 2.45) is 10.7 Å². The van der Waals surface area contributed by atoms with Crippen molar-refractivity contribution in [3.63, 3.8) is 0 Å². The number of ether oxygens (including phenoxy) is 1. The van der Waals surface area contributed by atoms with Crippen LogP contribution >= 0.6 is 11.6 Å². The molecule has 1 fully saturated rings. The number of rotatable bonds is 10. The highest BCUT2D eigenvalue weighted by molar-refractivity contribution is 6.31. The summed E-state index contributed by atoms with van der Waals surface area (Å²) in [6, 6.07) is 23.1. The van der Waals surface area contributed by atoms with Crippen LogP contribution in [0.25, 0.3) is 5.70 Å². The highest BCUT2D eigenvalue weighted by Gasteiger charge is 2.11. The van der Waals surface area contributed by atoms with Crippen molar-refractivity contribution >= 4 is 46.5 Å². The maximum absolute atomic E-state index is 12.3. The lowest BCUT2D eigenvalue weighted by atomic mass is 10.1. The molecule has 1 aliphatic rings. The Hall–Kier alpha value is -4.07. The Bertz CT molecular complexity index is 1300. The molecular formula is C30H32ClN5O2. The van der Waals surface area contributed by atoms with Gasteiger partial charge in [0, 0.05) is 53.5 Å². The molecule has 0 bridgehead atoms. The quantitative estimate of drug-likeness (QED) is 0.293. The molecule has 0 atom stereocenters. The smallest absolute Gasteiger partial charge is 0.224 e. The topological polar surface area (TPSA) is 92.0 Å². The SMILES string of the molecule is C=C(N=C/C=C(\N)c1ccc(NC(=O)CCc2ccccc2Cl)cc1)Nc1ccc(N2CCOCC2)cc1. The molecular weight excluding hydrogens is 498 g/mol. The Morgan fingerprint density at radius 2 is 1.66 bits per heavy atom. The molecule has 8 heteroatoms. The summed E-state index contributed by atoms with van der Waals surface area (Å²) in [6.45, 7) is 7.28. The number of morpholine rings is 1. The van der Waals surface area contributed by atoms with Crippen molar-refractivity contribution in [3.8, 4) is 0 Å². The minimum absolute atomic E-state index is 0.0740. The summed E-state index contributed by atoms with van der Waals surface area (Å²) >= 11 is 6.16. The van der Waals surface area contributed by atoms with E-state index >= 15 is 0 Å². The number of amides is 1. The number of carbonyl (C=O) groups excluding carboxylic acids is 1. The van der Waals surface area contributed by atoms with E-state index in [4.69, 9.17) is 22.1 Å². The van der Waals surface area contributed by atoms with Gasteiger partial charge in [0.1, 0.15) is 5.82 Å². The monoisotopic (exact) mass is 529 g/mol. The van der Waals surface area contributed by atoms with Crippen LogP contribution < -0.4 is 21.3 Å². The van der Waals surface area contributed by atoms with E-state index in [9.17, 15) is 4.79 Å². The van der Waals surface area contributed by atoms with E-state index < -0.39 is 0 Å². The van der Waals surface area contributed by atoms with Gasteiger partial charge in [-0.1, -0.05) is 48.5 Å². The summed E-state index contributed by atoms with van der Waals surface area (Å²) < 4.78 is 5.41. The third-order valence-corrected chi connectivity index (χ3v) is 6.47. The lowest BCUT2D eigenvalue weighted by Crippen LogP contribution is -2.36. The number of halogens is 1. The van der Waals surface area contributed by atoms with Gasteiger partial charge >= 0.3 is 0 Å². The maximum atomic E-state index is 12.3. The molecule has 3 aromatic carbocycles. The van der Waals surface area contributed by atoms with Crippen molar-refractivity contribution in [1.82, 2.24) is 0 Å². The summed E-state index contributed by atoms with van der Waals surface area (Å²) in [5, 5.41) is 6.76. The molecule has 7 nitrogen and oxygen atoms in total. The minimum atomic E-state index is -0.0740. The standard InChI is InChI=1S/C30H32ClN5O2/c1-22(34-25-11-13-27(14-12-25)36-18-20-38-21-19-36)33-17-16-29(32)24-6-9-26(10-7-24)35-30(37)15-8-23-4-2-3-5-28(23)31/h2-7,9-14,16-17,34H,1,8,15,18-21,32H2,(H,35,37)/b29-16-,33-17?. The van der Waals surface area contributed by atoms with Crippen molar-refractivity contribution in [1.29, 1.82) is 0 Å². The van der Waals surface area contributed by atoms with Gasteiger partial charge in [-0.25, -0.2) is 4.99 Å². The third-order valence-electron chi connectivity index (χ3n) is 6.10. The van der Waals surface area contributed by atoms with Gasteiger partial charge in [-0.2, -0.15) is 0 Å². The van der Waals surface area contributed by atoms with E-state index in [1.807, 2.05) is 60.7 Å². The number of aryl methyl sites for hydroxylation is 1. The molecule has 4 N–H and O–H groups in total. The van der Waals surface area contributed by atoms with Gasteiger partial charge in [-0.05, 0) is 66.1 Å². The first-order chi connectivity index (χ1) is 18.5. The molecule has 0 unspecified atom stereocenters. The summed E-state index contributed by atoms with van der Waals surface area (Å²) in [7, 11) is 0. The fourth-order valence-corrected chi connectivity index (χ4v) is 4.23. The zero-order valence-corrected chi connectivity index (χ0v) is 22.0. The second-order valence-corrected chi connectivity index (χ2v) is 9.24. The van der Waals surface area contributed by atoms with Crippen LogP contribution in [-0.2, 0) is 16.0 Å². The summed E-state index contributed by atoms with van der Waals surface area (Å²) in [6.07, 6.45) is 4.25. The lowest BCUT2D eigenvalue weighted by Gasteiger charge is -2.28. The molecule has 38 heavy (non-hydrogen) atoms. The third kappa shape index (κ3) is 7.96. The minimum Gasteiger partial charge on any atom is -0.398 e. The number of carbonyl (C=O) groups is 1. The Kier molecular flexibility index (Phi) is 9.56. The molecule has 1 saturated heterocycles. The molecule has 0 saturated carbocycles.